The van der Waals surface area contributed by atoms with Gasteiger partial charge in [-0.3, -0.25) is 10.1 Å². The number of anilines is 1. The Labute approximate surface area is 251 Å². The van der Waals surface area contributed by atoms with Crippen molar-refractivity contribution in [3.8, 4) is 11.5 Å². The molecule has 1 amide bonds. The Bertz CT molecular complexity index is 1600. The van der Waals surface area contributed by atoms with Gasteiger partial charge < -0.3 is 28.8 Å². The van der Waals surface area contributed by atoms with Gasteiger partial charge in [-0.2, -0.15) is 0 Å². The van der Waals surface area contributed by atoms with Crippen molar-refractivity contribution < 1.29 is 38.4 Å². The first-order chi connectivity index (χ1) is 20.2. The fourth-order valence-electron chi connectivity index (χ4n) is 4.64. The fourth-order valence-corrected chi connectivity index (χ4v) is 4.64. The average Bonchev–Trinajstić information content (AvgIpc) is 3.34. The van der Waals surface area contributed by atoms with Crippen LogP contribution in [0.15, 0.2) is 77.0 Å². The molecule has 43 heavy (non-hydrogen) atoms. The number of allylic oxidation sites excluding steroid dienone is 4. The molecule has 0 aliphatic heterocycles. The second-order valence-corrected chi connectivity index (χ2v) is 12.0. The second kappa shape index (κ2) is 12.5. The minimum atomic E-state index is -1.04. The van der Waals surface area contributed by atoms with E-state index < -0.39 is 24.2 Å². The van der Waals surface area contributed by atoms with Gasteiger partial charge in [-0.1, -0.05) is 39.5 Å². The van der Waals surface area contributed by atoms with E-state index in [0.29, 0.717) is 45.1 Å². The maximum atomic E-state index is 13.5. The Morgan fingerprint density at radius 3 is 2.60 bits per heavy atom. The monoisotopic (exact) mass is 589 g/mol. The van der Waals surface area contributed by atoms with Crippen LogP contribution in [0.5, 0.6) is 11.5 Å². The first-order valence-electron chi connectivity index (χ1n) is 14.0. The number of ether oxygens (including phenoxy) is 3. The number of aliphatic hydroxyl groups excluding tert-OH is 2. The van der Waals surface area contributed by atoms with E-state index in [4.69, 9.17) is 23.7 Å². The topological polar surface area (TPSA) is 127 Å². The molecule has 0 saturated carbocycles. The van der Waals surface area contributed by atoms with Gasteiger partial charge in [0.15, 0.2) is 5.78 Å². The Kier molecular flexibility index (Phi) is 9.18. The molecule has 4 rings (SSSR count). The number of ketones is 1. The molecule has 2 aromatic carbocycles. The summed E-state index contributed by atoms with van der Waals surface area (Å²) in [5.41, 5.74) is 1.95. The molecule has 9 heteroatoms. The summed E-state index contributed by atoms with van der Waals surface area (Å²) in [6.45, 7) is 13.7. The molecule has 9 nitrogen and oxygen atoms in total. The molecule has 0 spiro atoms. The molecule has 228 valence electrons. The van der Waals surface area contributed by atoms with Crippen molar-refractivity contribution in [2.75, 3.05) is 25.6 Å². The van der Waals surface area contributed by atoms with E-state index in [2.05, 4.69) is 32.7 Å². The molecule has 1 aliphatic carbocycles. The number of nitrogens with one attached hydrogen (secondary N) is 1. The van der Waals surface area contributed by atoms with Crippen molar-refractivity contribution in [3.63, 3.8) is 0 Å². The highest BCUT2D eigenvalue weighted by Gasteiger charge is 2.34. The van der Waals surface area contributed by atoms with Crippen molar-refractivity contribution in [1.82, 2.24) is 0 Å². The SMILES string of the molecule is C=C1/C=C(OC[C@H](O)CO)\C=C/CC(=O)c2c(oc3cc(OC(=O)Nc4cc(C(C)(C)C)ccc4OC)ccc23)C1(C)C. The molecule has 0 saturated heterocycles. The van der Waals surface area contributed by atoms with Crippen molar-refractivity contribution in [1.29, 1.82) is 0 Å². The molecular formula is C34H39NO8. The van der Waals surface area contributed by atoms with E-state index in [0.717, 1.165) is 5.56 Å². The zero-order valence-corrected chi connectivity index (χ0v) is 25.4. The van der Waals surface area contributed by atoms with Crippen LogP contribution in [0.25, 0.3) is 11.0 Å². The molecule has 0 bridgehead atoms. The number of furan rings is 1. The zero-order valence-electron chi connectivity index (χ0n) is 25.4. The lowest BCUT2D eigenvalue weighted by molar-refractivity contribution is 0.0328. The van der Waals surface area contributed by atoms with Gasteiger partial charge in [-0.25, -0.2) is 4.79 Å². The van der Waals surface area contributed by atoms with Crippen LogP contribution in [0, 0.1) is 0 Å². The number of rotatable bonds is 7. The molecule has 1 heterocycles. The van der Waals surface area contributed by atoms with Gasteiger partial charge in [-0.05, 0) is 66.8 Å². The molecule has 1 atom stereocenters. The third kappa shape index (κ3) is 7.01. The van der Waals surface area contributed by atoms with Gasteiger partial charge in [0.2, 0.25) is 0 Å². The van der Waals surface area contributed by atoms with Crippen molar-refractivity contribution in [2.24, 2.45) is 0 Å². The van der Waals surface area contributed by atoms with Crippen molar-refractivity contribution in [2.45, 2.75) is 58.0 Å². The highest BCUT2D eigenvalue weighted by atomic mass is 16.6. The Balaban J connectivity index is 1.64. The van der Waals surface area contributed by atoms with Gasteiger partial charge >= 0.3 is 6.09 Å². The second-order valence-electron chi connectivity index (χ2n) is 12.0. The number of Topliss-reactive ketones (excluding diaryl/α,β-unsaturated/α-hetero) is 1. The van der Waals surface area contributed by atoms with Crippen LogP contribution in [-0.4, -0.2) is 48.5 Å². The number of hydrogen-bond donors (Lipinski definition) is 3. The van der Waals surface area contributed by atoms with Gasteiger partial charge in [0.1, 0.15) is 41.3 Å². The Morgan fingerprint density at radius 1 is 1.19 bits per heavy atom. The quantitative estimate of drug-likeness (QED) is 0.282. The highest BCUT2D eigenvalue weighted by Crippen LogP contribution is 2.41. The maximum absolute atomic E-state index is 13.5. The first-order valence-corrected chi connectivity index (χ1v) is 14.0. The lowest BCUT2D eigenvalue weighted by Crippen LogP contribution is -2.22. The first kappa shape index (κ1) is 31.6. The zero-order chi connectivity index (χ0) is 31.5. The predicted octanol–water partition coefficient (Wildman–Crippen LogP) is 6.58. The largest absolute Gasteiger partial charge is 0.495 e. The van der Waals surface area contributed by atoms with Gasteiger partial charge in [-0.15, -0.1) is 0 Å². The molecule has 0 unspecified atom stereocenters. The Hall–Kier alpha value is -4.34. The number of carbonyl (C=O) groups is 2. The van der Waals surface area contributed by atoms with Gasteiger partial charge in [0.25, 0.3) is 0 Å². The molecule has 1 aromatic heterocycles. The molecule has 0 radical (unpaired) electrons. The van der Waals surface area contributed by atoms with Crippen LogP contribution in [0.1, 0.15) is 62.7 Å². The standard InChI is InChI=1S/C34H39NO8/c1-20-15-23(41-19-22(37)18-36)9-8-10-27(38)30-25-13-12-24(17-29(25)43-31(30)34(20,5)6)42-32(39)35-26-16-21(33(2,3)4)11-14-28(26)40-7/h8-9,11-17,22,36-37H,1,10,18-19H2,2-7H3,(H,35,39)/b9-8-,23-15+/t22-/m1/s1. The molecule has 3 aromatic rings. The smallest absolute Gasteiger partial charge is 0.417 e. The van der Waals surface area contributed by atoms with E-state index in [1.165, 1.54) is 7.11 Å². The normalized spacial score (nSPS) is 17.8. The number of carbonyl (C=O) groups excluding carboxylic acids is 2. The van der Waals surface area contributed by atoms with Crippen molar-refractivity contribution in [3.05, 3.63) is 89.4 Å². The number of fused-ring (bicyclic) bond motifs is 3. The van der Waals surface area contributed by atoms with Crippen LogP contribution in [-0.2, 0) is 15.6 Å². The van der Waals surface area contributed by atoms with E-state index in [9.17, 15) is 14.7 Å². The highest BCUT2D eigenvalue weighted by molar-refractivity contribution is 6.09. The van der Waals surface area contributed by atoms with E-state index in [-0.39, 0.29) is 30.0 Å². The minimum Gasteiger partial charge on any atom is -0.495 e. The average molecular weight is 590 g/mol. The number of aliphatic hydroxyl groups is 2. The maximum Gasteiger partial charge on any atom is 0.417 e. The van der Waals surface area contributed by atoms with E-state index in [1.54, 1.807) is 42.5 Å². The molecule has 3 N–H and O–H groups in total. The van der Waals surface area contributed by atoms with Gasteiger partial charge in [0.05, 0.1) is 25.0 Å². The summed E-state index contributed by atoms with van der Waals surface area (Å²) in [7, 11) is 1.53. The third-order valence-corrected chi connectivity index (χ3v) is 7.38. The van der Waals surface area contributed by atoms with Gasteiger partial charge in [0, 0.05) is 23.3 Å². The summed E-state index contributed by atoms with van der Waals surface area (Å²) in [5, 5.41) is 22.2. The fraction of sp³-hybridized carbons (Fsp3) is 0.353. The van der Waals surface area contributed by atoms with Crippen LogP contribution < -0.4 is 14.8 Å². The lowest BCUT2D eigenvalue weighted by atomic mass is 9.79. The van der Waals surface area contributed by atoms with Crippen LogP contribution in [0.3, 0.4) is 0 Å². The van der Waals surface area contributed by atoms with Crippen LogP contribution >= 0.6 is 0 Å². The summed E-state index contributed by atoms with van der Waals surface area (Å²) in [5.74, 6) is 1.38. The van der Waals surface area contributed by atoms with Crippen LogP contribution in [0.4, 0.5) is 10.5 Å². The number of amides is 1. The van der Waals surface area contributed by atoms with E-state index in [1.807, 2.05) is 26.0 Å². The summed E-state index contributed by atoms with van der Waals surface area (Å²) >= 11 is 0. The molecule has 1 aliphatic rings. The summed E-state index contributed by atoms with van der Waals surface area (Å²) in [4.78, 5) is 26.4. The minimum absolute atomic E-state index is 0.0730. The molecule has 0 fully saturated rings. The summed E-state index contributed by atoms with van der Waals surface area (Å²) < 4.78 is 22.9. The molecular weight excluding hydrogens is 550 g/mol. The predicted molar refractivity (Wildman–Crippen MR) is 165 cm³/mol. The summed E-state index contributed by atoms with van der Waals surface area (Å²) in [6.07, 6.45) is 3.36. The number of benzene rings is 2. The van der Waals surface area contributed by atoms with E-state index >= 15 is 0 Å². The van der Waals surface area contributed by atoms with Crippen molar-refractivity contribution >= 4 is 28.5 Å². The number of hydrogen-bond acceptors (Lipinski definition) is 8. The van der Waals surface area contributed by atoms with Crippen LogP contribution in [0.2, 0.25) is 0 Å². The lowest BCUT2D eigenvalue weighted by Gasteiger charge is -2.25. The number of methoxy groups -OCH3 is 1. The summed E-state index contributed by atoms with van der Waals surface area (Å²) in [6, 6.07) is 10.5. The Morgan fingerprint density at radius 2 is 1.93 bits per heavy atom. The third-order valence-electron chi connectivity index (χ3n) is 7.38.